The predicted octanol–water partition coefficient (Wildman–Crippen LogP) is 4.77. The van der Waals surface area contributed by atoms with Crippen molar-refractivity contribution in [2.45, 2.75) is 13.5 Å². The maximum absolute atomic E-state index is 13.0. The van der Waals surface area contributed by atoms with Gasteiger partial charge in [-0.15, -0.1) is 0 Å². The zero-order valence-electron chi connectivity index (χ0n) is 16.9. The molecule has 0 bridgehead atoms. The van der Waals surface area contributed by atoms with Crippen LogP contribution in [-0.2, 0) is 11.4 Å². The van der Waals surface area contributed by atoms with Crippen LogP contribution in [0.3, 0.4) is 0 Å². The third-order valence-electron chi connectivity index (χ3n) is 4.88. The van der Waals surface area contributed by atoms with Crippen molar-refractivity contribution in [3.8, 4) is 5.75 Å². The zero-order valence-corrected chi connectivity index (χ0v) is 16.9. The number of hydrazone groups is 1. The number of amides is 1. The van der Waals surface area contributed by atoms with Gasteiger partial charge in [0.2, 0.25) is 0 Å². The van der Waals surface area contributed by atoms with Crippen LogP contribution in [0.25, 0.3) is 6.08 Å². The molecule has 1 aliphatic heterocycles. The number of hydrogen-bond acceptors (Lipinski definition) is 4. The molecule has 0 aromatic heterocycles. The number of hydrogen-bond donors (Lipinski definition) is 1. The van der Waals surface area contributed by atoms with E-state index in [4.69, 9.17) is 9.84 Å². The van der Waals surface area contributed by atoms with E-state index < -0.39 is 5.97 Å². The maximum Gasteiger partial charge on any atom is 0.335 e. The topological polar surface area (TPSA) is 79.2 Å². The molecule has 3 aromatic rings. The average Bonchev–Trinajstić information content (AvgIpc) is 3.07. The molecule has 1 aliphatic rings. The van der Waals surface area contributed by atoms with Crippen LogP contribution >= 0.6 is 0 Å². The second-order valence-corrected chi connectivity index (χ2v) is 7.02. The second kappa shape index (κ2) is 8.67. The van der Waals surface area contributed by atoms with Gasteiger partial charge in [-0.1, -0.05) is 48.5 Å². The van der Waals surface area contributed by atoms with Crippen LogP contribution < -0.4 is 9.75 Å². The smallest absolute Gasteiger partial charge is 0.335 e. The van der Waals surface area contributed by atoms with E-state index in [0.29, 0.717) is 29.3 Å². The number of carboxylic acids is 1. The summed E-state index contributed by atoms with van der Waals surface area (Å²) in [5, 5.41) is 14.7. The Morgan fingerprint density at radius 2 is 1.68 bits per heavy atom. The molecule has 0 radical (unpaired) electrons. The Bertz CT molecular complexity index is 1180. The summed E-state index contributed by atoms with van der Waals surface area (Å²) in [4.78, 5) is 24.1. The lowest BCUT2D eigenvalue weighted by Gasteiger charge is -2.12. The van der Waals surface area contributed by atoms with Crippen molar-refractivity contribution in [3.63, 3.8) is 0 Å². The standard InChI is InChI=1S/C25H20N2O4/c1-17-22(24(28)27(26-17)21-13-11-19(12-14-21)25(29)30)15-20-9-5-6-10-23(20)31-16-18-7-3-2-4-8-18/h2-15H,16H2,1H3,(H,29,30)/b22-15-. The number of carbonyl (C=O) groups excluding carboxylic acids is 1. The predicted molar refractivity (Wildman–Crippen MR) is 119 cm³/mol. The SMILES string of the molecule is CC1=NN(c2ccc(C(=O)O)cc2)C(=O)/C1=C\c1ccccc1OCc1ccccc1. The highest BCUT2D eigenvalue weighted by molar-refractivity contribution is 6.32. The lowest BCUT2D eigenvalue weighted by molar-refractivity contribution is -0.114. The Labute approximate surface area is 179 Å². The van der Waals surface area contributed by atoms with Gasteiger partial charge in [-0.05, 0) is 48.9 Å². The quantitative estimate of drug-likeness (QED) is 0.592. The number of benzene rings is 3. The molecule has 6 nitrogen and oxygen atoms in total. The fourth-order valence-corrected chi connectivity index (χ4v) is 3.23. The normalized spacial score (nSPS) is 14.6. The number of rotatable bonds is 6. The van der Waals surface area contributed by atoms with Crippen molar-refractivity contribution < 1.29 is 19.4 Å². The van der Waals surface area contributed by atoms with Crippen LogP contribution in [0.5, 0.6) is 5.75 Å². The summed E-state index contributed by atoms with van der Waals surface area (Å²) in [5.41, 5.74) is 3.51. The van der Waals surface area contributed by atoms with Crippen LogP contribution in [-0.4, -0.2) is 22.7 Å². The molecule has 4 rings (SSSR count). The monoisotopic (exact) mass is 412 g/mol. The average molecular weight is 412 g/mol. The molecule has 0 fully saturated rings. The molecule has 0 saturated carbocycles. The second-order valence-electron chi connectivity index (χ2n) is 7.02. The van der Waals surface area contributed by atoms with Gasteiger partial charge in [0.15, 0.2) is 0 Å². The molecule has 1 amide bonds. The largest absolute Gasteiger partial charge is 0.488 e. The van der Waals surface area contributed by atoms with E-state index >= 15 is 0 Å². The summed E-state index contributed by atoms with van der Waals surface area (Å²) in [7, 11) is 0. The number of anilines is 1. The third kappa shape index (κ3) is 4.38. The molecular weight excluding hydrogens is 392 g/mol. The zero-order chi connectivity index (χ0) is 21.8. The summed E-state index contributed by atoms with van der Waals surface area (Å²) in [6, 6.07) is 23.4. The number of aromatic carboxylic acids is 1. The van der Waals surface area contributed by atoms with Crippen LogP contribution in [0.15, 0.2) is 89.5 Å². The molecule has 1 heterocycles. The van der Waals surface area contributed by atoms with Crippen LogP contribution in [0.1, 0.15) is 28.4 Å². The van der Waals surface area contributed by atoms with Gasteiger partial charge in [0.25, 0.3) is 5.91 Å². The molecule has 6 heteroatoms. The van der Waals surface area contributed by atoms with E-state index in [0.717, 1.165) is 11.1 Å². The van der Waals surface area contributed by atoms with E-state index in [-0.39, 0.29) is 11.5 Å². The highest BCUT2D eigenvalue weighted by atomic mass is 16.5. The minimum Gasteiger partial charge on any atom is -0.488 e. The molecule has 0 saturated heterocycles. The van der Waals surface area contributed by atoms with Gasteiger partial charge in [-0.3, -0.25) is 4.79 Å². The molecule has 154 valence electrons. The Morgan fingerprint density at radius 1 is 1.00 bits per heavy atom. The van der Waals surface area contributed by atoms with Gasteiger partial charge < -0.3 is 9.84 Å². The number of ether oxygens (including phenoxy) is 1. The fourth-order valence-electron chi connectivity index (χ4n) is 3.23. The van der Waals surface area contributed by atoms with E-state index in [1.807, 2.05) is 54.6 Å². The van der Waals surface area contributed by atoms with Crippen LogP contribution in [0, 0.1) is 0 Å². The third-order valence-corrected chi connectivity index (χ3v) is 4.88. The molecule has 0 spiro atoms. The van der Waals surface area contributed by atoms with Crippen molar-refractivity contribution in [1.29, 1.82) is 0 Å². The fraction of sp³-hybridized carbons (Fsp3) is 0.0800. The van der Waals surface area contributed by atoms with E-state index in [1.165, 1.54) is 17.1 Å². The summed E-state index contributed by atoms with van der Waals surface area (Å²) >= 11 is 0. The van der Waals surface area contributed by atoms with Crippen molar-refractivity contribution in [1.82, 2.24) is 0 Å². The minimum absolute atomic E-state index is 0.149. The maximum atomic E-state index is 13.0. The Morgan fingerprint density at radius 3 is 2.39 bits per heavy atom. The first-order chi connectivity index (χ1) is 15.0. The van der Waals surface area contributed by atoms with Gasteiger partial charge in [0.05, 0.1) is 22.5 Å². The highest BCUT2D eigenvalue weighted by Gasteiger charge is 2.29. The Kier molecular flexibility index (Phi) is 5.62. The Balaban J connectivity index is 1.57. The van der Waals surface area contributed by atoms with Crippen molar-refractivity contribution in [2.75, 3.05) is 5.01 Å². The van der Waals surface area contributed by atoms with Gasteiger partial charge >= 0.3 is 5.97 Å². The van der Waals surface area contributed by atoms with Crippen LogP contribution in [0.2, 0.25) is 0 Å². The minimum atomic E-state index is -1.02. The number of carboxylic acid groups (broad SMARTS) is 1. The summed E-state index contributed by atoms with van der Waals surface area (Å²) in [6.07, 6.45) is 1.77. The summed E-state index contributed by atoms with van der Waals surface area (Å²) in [5.74, 6) is -0.631. The first kappa shape index (κ1) is 20.1. The lowest BCUT2D eigenvalue weighted by Crippen LogP contribution is -2.21. The highest BCUT2D eigenvalue weighted by Crippen LogP contribution is 2.28. The number of nitrogens with zero attached hydrogens (tertiary/aromatic N) is 2. The number of carbonyl (C=O) groups is 2. The van der Waals surface area contributed by atoms with Crippen LogP contribution in [0.4, 0.5) is 5.69 Å². The first-order valence-electron chi connectivity index (χ1n) is 9.74. The van der Waals surface area contributed by atoms with Crippen molar-refractivity contribution in [3.05, 3.63) is 101 Å². The summed E-state index contributed by atoms with van der Waals surface area (Å²) < 4.78 is 5.99. The lowest BCUT2D eigenvalue weighted by atomic mass is 10.1. The molecule has 0 aliphatic carbocycles. The Hall–Kier alpha value is -4.19. The van der Waals surface area contributed by atoms with E-state index in [1.54, 1.807) is 25.1 Å². The molecule has 31 heavy (non-hydrogen) atoms. The van der Waals surface area contributed by atoms with E-state index in [2.05, 4.69) is 5.10 Å². The molecule has 0 unspecified atom stereocenters. The number of para-hydroxylation sites is 1. The molecule has 1 N–H and O–H groups in total. The van der Waals surface area contributed by atoms with Gasteiger partial charge in [0, 0.05) is 5.56 Å². The van der Waals surface area contributed by atoms with Crippen molar-refractivity contribution >= 4 is 29.4 Å². The van der Waals surface area contributed by atoms with E-state index in [9.17, 15) is 9.59 Å². The van der Waals surface area contributed by atoms with Crippen molar-refractivity contribution in [2.24, 2.45) is 5.10 Å². The molecular formula is C25H20N2O4. The summed E-state index contributed by atoms with van der Waals surface area (Å²) in [6.45, 7) is 2.19. The van der Waals surface area contributed by atoms with Gasteiger partial charge in [0.1, 0.15) is 12.4 Å². The molecule has 3 aromatic carbocycles. The van der Waals surface area contributed by atoms with Gasteiger partial charge in [-0.2, -0.15) is 10.1 Å². The van der Waals surface area contributed by atoms with Gasteiger partial charge in [-0.25, -0.2) is 4.79 Å². The first-order valence-corrected chi connectivity index (χ1v) is 9.74. The molecule has 0 atom stereocenters.